The molecule has 2 aromatic carbocycles. The average molecular weight is 439 g/mol. The molecule has 0 atom stereocenters. The van der Waals surface area contributed by atoms with Gasteiger partial charge < -0.3 is 15.5 Å². The summed E-state index contributed by atoms with van der Waals surface area (Å²) in [6.45, 7) is -0.288. The monoisotopic (exact) mass is 439 g/mol. The van der Waals surface area contributed by atoms with Crippen molar-refractivity contribution >= 4 is 35.0 Å². The van der Waals surface area contributed by atoms with E-state index in [2.05, 4.69) is 10.6 Å². The third kappa shape index (κ3) is 4.72. The number of imide groups is 1. The Morgan fingerprint density at radius 2 is 1.59 bits per heavy atom. The lowest BCUT2D eigenvalue weighted by atomic mass is 10.1. The summed E-state index contributed by atoms with van der Waals surface area (Å²) in [4.78, 5) is 61.9. The Hall–Kier alpha value is -4.28. The van der Waals surface area contributed by atoms with Gasteiger partial charge in [0.15, 0.2) is 0 Å². The van der Waals surface area contributed by atoms with E-state index >= 15 is 0 Å². The van der Waals surface area contributed by atoms with E-state index in [1.54, 1.807) is 12.1 Å². The highest BCUT2D eigenvalue weighted by Gasteiger charge is 2.37. The number of hydrogen-bond donors (Lipinski definition) is 2. The molecule has 166 valence electrons. The van der Waals surface area contributed by atoms with Gasteiger partial charge in [0.05, 0.1) is 16.1 Å². The Morgan fingerprint density at radius 3 is 2.22 bits per heavy atom. The largest absolute Gasteiger partial charge is 0.378 e. The van der Waals surface area contributed by atoms with Crippen molar-refractivity contribution < 1.29 is 24.1 Å². The molecule has 1 aliphatic rings. The van der Waals surface area contributed by atoms with E-state index in [0.29, 0.717) is 5.56 Å². The number of non-ortho nitro benzene ring substituents is 1. The summed E-state index contributed by atoms with van der Waals surface area (Å²) in [5, 5.41) is 16.1. The summed E-state index contributed by atoms with van der Waals surface area (Å²) >= 11 is 0. The van der Waals surface area contributed by atoms with E-state index in [0.717, 1.165) is 22.7 Å². The van der Waals surface area contributed by atoms with E-state index in [4.69, 9.17) is 0 Å². The van der Waals surface area contributed by atoms with Crippen LogP contribution in [0.4, 0.5) is 11.4 Å². The Balaban J connectivity index is 1.48. The van der Waals surface area contributed by atoms with E-state index in [-0.39, 0.29) is 35.8 Å². The molecule has 0 radical (unpaired) electrons. The molecule has 4 amide bonds. The molecule has 0 fully saturated rings. The summed E-state index contributed by atoms with van der Waals surface area (Å²) in [6.07, 6.45) is 0. The molecule has 0 bridgehead atoms. The quantitative estimate of drug-likeness (QED) is 0.268. The van der Waals surface area contributed by atoms with Gasteiger partial charge in [0.25, 0.3) is 23.4 Å². The van der Waals surface area contributed by atoms with Crippen molar-refractivity contribution in [2.75, 3.05) is 38.6 Å². The van der Waals surface area contributed by atoms with Crippen molar-refractivity contribution in [3.8, 4) is 0 Å². The molecule has 2 aromatic rings. The fraction of sp³-hybridized carbons (Fsp3) is 0.238. The maximum Gasteiger partial charge on any atom is 0.270 e. The Bertz CT molecular complexity index is 1100. The number of anilines is 1. The molecule has 11 heteroatoms. The maximum absolute atomic E-state index is 12.4. The molecule has 32 heavy (non-hydrogen) atoms. The SMILES string of the molecule is CN(C)c1ccc(C(=O)NCCNC(=O)CN2C(=O)c3ccc([N+](=O)[O-])cc3C2=O)cc1. The van der Waals surface area contributed by atoms with Gasteiger partial charge in [0.2, 0.25) is 5.91 Å². The number of nitrogens with zero attached hydrogens (tertiary/aromatic N) is 3. The van der Waals surface area contributed by atoms with Gasteiger partial charge in [-0.3, -0.25) is 34.2 Å². The Morgan fingerprint density at radius 1 is 0.969 bits per heavy atom. The summed E-state index contributed by atoms with van der Waals surface area (Å²) in [6, 6.07) is 10.4. The third-order valence-corrected chi connectivity index (χ3v) is 4.85. The van der Waals surface area contributed by atoms with Crippen molar-refractivity contribution in [1.82, 2.24) is 15.5 Å². The Kier molecular flexibility index (Phi) is 6.47. The lowest BCUT2D eigenvalue weighted by Crippen LogP contribution is -2.42. The number of carbonyl (C=O) groups excluding carboxylic acids is 4. The maximum atomic E-state index is 12.4. The van der Waals surface area contributed by atoms with Crippen molar-refractivity contribution in [1.29, 1.82) is 0 Å². The van der Waals surface area contributed by atoms with Gasteiger partial charge in [-0.2, -0.15) is 0 Å². The number of nitro groups is 1. The normalized spacial score (nSPS) is 12.4. The van der Waals surface area contributed by atoms with Crippen LogP contribution in [-0.2, 0) is 4.79 Å². The first-order valence-electron chi connectivity index (χ1n) is 9.66. The summed E-state index contributed by atoms with van der Waals surface area (Å²) in [5.41, 5.74) is 1.02. The average Bonchev–Trinajstić information content (AvgIpc) is 3.00. The van der Waals surface area contributed by atoms with Crippen LogP contribution in [0.15, 0.2) is 42.5 Å². The number of nitrogens with one attached hydrogen (secondary N) is 2. The second kappa shape index (κ2) is 9.25. The number of nitro benzene ring substituents is 1. The van der Waals surface area contributed by atoms with Gasteiger partial charge >= 0.3 is 0 Å². The van der Waals surface area contributed by atoms with Crippen molar-refractivity contribution in [2.24, 2.45) is 0 Å². The number of amides is 4. The van der Waals surface area contributed by atoms with Crippen LogP contribution in [-0.4, -0.2) is 67.2 Å². The van der Waals surface area contributed by atoms with E-state index < -0.39 is 29.2 Å². The van der Waals surface area contributed by atoms with Gasteiger partial charge in [-0.15, -0.1) is 0 Å². The predicted molar refractivity (Wildman–Crippen MR) is 115 cm³/mol. The lowest BCUT2D eigenvalue weighted by Gasteiger charge is -2.14. The molecule has 11 nitrogen and oxygen atoms in total. The number of benzene rings is 2. The minimum absolute atomic E-state index is 0.0148. The van der Waals surface area contributed by atoms with E-state index in [9.17, 15) is 29.3 Å². The highest BCUT2D eigenvalue weighted by atomic mass is 16.6. The third-order valence-electron chi connectivity index (χ3n) is 4.85. The van der Waals surface area contributed by atoms with Crippen LogP contribution in [0.1, 0.15) is 31.1 Å². The first kappa shape index (κ1) is 22.4. The van der Waals surface area contributed by atoms with Crippen molar-refractivity contribution in [3.05, 3.63) is 69.3 Å². The molecule has 3 rings (SSSR count). The second-order valence-corrected chi connectivity index (χ2v) is 7.23. The summed E-state index contributed by atoms with van der Waals surface area (Å²) in [5.74, 6) is -2.35. The molecular weight excluding hydrogens is 418 g/mol. The van der Waals surface area contributed by atoms with E-state index in [1.807, 2.05) is 31.1 Å². The van der Waals surface area contributed by atoms with Crippen molar-refractivity contribution in [2.45, 2.75) is 0 Å². The first-order chi connectivity index (χ1) is 15.2. The van der Waals surface area contributed by atoms with Gasteiger partial charge in [-0.05, 0) is 30.3 Å². The highest BCUT2D eigenvalue weighted by molar-refractivity contribution is 6.22. The molecule has 2 N–H and O–H groups in total. The molecule has 1 heterocycles. The number of rotatable bonds is 8. The molecule has 0 aromatic heterocycles. The predicted octanol–water partition coefficient (Wildman–Crippen LogP) is 0.803. The number of carbonyl (C=O) groups is 4. The van der Waals surface area contributed by atoms with Crippen molar-refractivity contribution in [3.63, 3.8) is 0 Å². The highest BCUT2D eigenvalue weighted by Crippen LogP contribution is 2.26. The smallest absolute Gasteiger partial charge is 0.270 e. The van der Waals surface area contributed by atoms with Crippen LogP contribution in [0.25, 0.3) is 0 Å². The fourth-order valence-corrected chi connectivity index (χ4v) is 3.13. The van der Waals surface area contributed by atoms with Crippen LogP contribution >= 0.6 is 0 Å². The molecule has 0 aliphatic carbocycles. The summed E-state index contributed by atoms with van der Waals surface area (Å²) in [7, 11) is 3.78. The number of fused-ring (bicyclic) bond motifs is 1. The minimum atomic E-state index is -0.765. The topological polar surface area (TPSA) is 142 Å². The van der Waals surface area contributed by atoms with E-state index in [1.165, 1.54) is 6.07 Å². The minimum Gasteiger partial charge on any atom is -0.378 e. The molecule has 0 spiro atoms. The molecule has 0 saturated heterocycles. The van der Waals surface area contributed by atoms with Gasteiger partial charge in [0, 0.05) is 50.6 Å². The molecule has 0 unspecified atom stereocenters. The molecular formula is C21H21N5O6. The zero-order valence-corrected chi connectivity index (χ0v) is 17.5. The van der Waals surface area contributed by atoms with Crippen LogP contribution in [0.2, 0.25) is 0 Å². The van der Waals surface area contributed by atoms with Gasteiger partial charge in [-0.25, -0.2) is 0 Å². The fourth-order valence-electron chi connectivity index (χ4n) is 3.13. The molecule has 0 saturated carbocycles. The van der Waals surface area contributed by atoms with Gasteiger partial charge in [-0.1, -0.05) is 0 Å². The van der Waals surface area contributed by atoms with Crippen LogP contribution in [0.5, 0.6) is 0 Å². The first-order valence-corrected chi connectivity index (χ1v) is 9.66. The summed E-state index contributed by atoms with van der Waals surface area (Å²) < 4.78 is 0. The van der Waals surface area contributed by atoms with Gasteiger partial charge in [0.1, 0.15) is 6.54 Å². The molecule has 1 aliphatic heterocycles. The lowest BCUT2D eigenvalue weighted by molar-refractivity contribution is -0.384. The Labute approximate surface area is 183 Å². The van der Waals surface area contributed by atoms with Crippen LogP contribution < -0.4 is 15.5 Å². The van der Waals surface area contributed by atoms with Crippen LogP contribution in [0, 0.1) is 10.1 Å². The zero-order valence-electron chi connectivity index (χ0n) is 17.5. The zero-order chi connectivity index (χ0) is 23.4. The second-order valence-electron chi connectivity index (χ2n) is 7.23. The standard InChI is InChI=1S/C21H21N5O6/c1-24(2)14-5-3-13(4-6-14)19(28)23-10-9-22-18(27)12-25-20(29)16-8-7-15(26(31)32)11-17(16)21(25)30/h3-8,11H,9-10,12H2,1-2H3,(H,22,27)(H,23,28). The van der Waals surface area contributed by atoms with Crippen LogP contribution in [0.3, 0.4) is 0 Å². The number of hydrogen-bond acceptors (Lipinski definition) is 7.